The van der Waals surface area contributed by atoms with Gasteiger partial charge in [0.1, 0.15) is 11.2 Å². The zero-order chi connectivity index (χ0) is 16.4. The summed E-state index contributed by atoms with van der Waals surface area (Å²) in [6.45, 7) is 6.61. The third-order valence-corrected chi connectivity index (χ3v) is 4.18. The molecule has 2 rings (SSSR count). The van der Waals surface area contributed by atoms with Gasteiger partial charge in [-0.25, -0.2) is 4.79 Å². The quantitative estimate of drug-likeness (QED) is 0.844. The zero-order valence-corrected chi connectivity index (χ0v) is 13.8. The van der Waals surface area contributed by atoms with Gasteiger partial charge in [-0.2, -0.15) is 0 Å². The Bertz CT molecular complexity index is 417. The van der Waals surface area contributed by atoms with Crippen molar-refractivity contribution in [3.05, 3.63) is 0 Å². The molecule has 2 aliphatic rings. The van der Waals surface area contributed by atoms with E-state index in [2.05, 4.69) is 0 Å². The average Bonchev–Trinajstić information content (AvgIpc) is 2.81. The standard InChI is InChI=1S/C16H27NO5/c1-15(2,3)22-14(20)17-10-16(11-17,8-13(18)19)21-9-12-6-4-5-7-12/h12H,4-11H2,1-3H3,(H,18,19). The number of aliphatic carboxylic acids is 1. The molecule has 6 nitrogen and oxygen atoms in total. The van der Waals surface area contributed by atoms with Gasteiger partial charge >= 0.3 is 12.1 Å². The third kappa shape index (κ3) is 4.60. The van der Waals surface area contributed by atoms with Gasteiger partial charge in [-0.05, 0) is 39.5 Å². The van der Waals surface area contributed by atoms with Crippen molar-refractivity contribution in [1.29, 1.82) is 0 Å². The largest absolute Gasteiger partial charge is 0.481 e. The van der Waals surface area contributed by atoms with Gasteiger partial charge in [0.05, 0.1) is 26.1 Å². The van der Waals surface area contributed by atoms with Crippen molar-refractivity contribution >= 4 is 12.1 Å². The van der Waals surface area contributed by atoms with E-state index in [4.69, 9.17) is 14.6 Å². The summed E-state index contributed by atoms with van der Waals surface area (Å²) >= 11 is 0. The van der Waals surface area contributed by atoms with E-state index in [1.54, 1.807) is 0 Å². The molecule has 0 unspecified atom stereocenters. The van der Waals surface area contributed by atoms with Crippen LogP contribution in [0.1, 0.15) is 52.9 Å². The molecule has 22 heavy (non-hydrogen) atoms. The highest BCUT2D eigenvalue weighted by atomic mass is 16.6. The maximum atomic E-state index is 12.0. The lowest BCUT2D eigenvalue weighted by molar-refractivity contribution is -0.170. The molecule has 126 valence electrons. The minimum absolute atomic E-state index is 0.0704. The molecule has 0 radical (unpaired) electrons. The van der Waals surface area contributed by atoms with E-state index < -0.39 is 23.3 Å². The second kappa shape index (κ2) is 6.44. The van der Waals surface area contributed by atoms with Crippen LogP contribution in [-0.4, -0.2) is 53.0 Å². The fourth-order valence-corrected chi connectivity index (χ4v) is 3.11. The predicted molar refractivity (Wildman–Crippen MR) is 80.7 cm³/mol. The lowest BCUT2D eigenvalue weighted by atomic mass is 9.90. The Morgan fingerprint density at radius 1 is 1.23 bits per heavy atom. The van der Waals surface area contributed by atoms with Crippen LogP contribution in [0, 0.1) is 5.92 Å². The first-order chi connectivity index (χ1) is 10.2. The van der Waals surface area contributed by atoms with Crippen molar-refractivity contribution in [3.63, 3.8) is 0 Å². The second-order valence-corrected chi connectivity index (χ2v) is 7.55. The van der Waals surface area contributed by atoms with E-state index in [9.17, 15) is 9.59 Å². The van der Waals surface area contributed by atoms with Crippen LogP contribution >= 0.6 is 0 Å². The van der Waals surface area contributed by atoms with Crippen molar-refractivity contribution in [2.45, 2.75) is 64.1 Å². The summed E-state index contributed by atoms with van der Waals surface area (Å²) in [6.07, 6.45) is 4.28. The van der Waals surface area contributed by atoms with Gasteiger partial charge in [0, 0.05) is 0 Å². The Morgan fingerprint density at radius 3 is 2.32 bits per heavy atom. The fraction of sp³-hybridized carbons (Fsp3) is 0.875. The Kier molecular flexibility index (Phi) is 5.00. The predicted octanol–water partition coefficient (Wildman–Crippen LogP) is 2.66. The number of carboxylic acids is 1. The summed E-state index contributed by atoms with van der Waals surface area (Å²) in [4.78, 5) is 24.6. The fourth-order valence-electron chi connectivity index (χ4n) is 3.11. The number of rotatable bonds is 5. The molecule has 0 aromatic carbocycles. The van der Waals surface area contributed by atoms with Gasteiger partial charge in [0.25, 0.3) is 0 Å². The maximum Gasteiger partial charge on any atom is 0.410 e. The van der Waals surface area contributed by atoms with E-state index in [0.717, 1.165) is 12.8 Å². The van der Waals surface area contributed by atoms with Gasteiger partial charge in [-0.1, -0.05) is 12.8 Å². The molecule has 1 saturated heterocycles. The number of hydrogen-bond acceptors (Lipinski definition) is 4. The Balaban J connectivity index is 1.86. The number of ether oxygens (including phenoxy) is 2. The first-order valence-corrected chi connectivity index (χ1v) is 8.03. The lowest BCUT2D eigenvalue weighted by Gasteiger charge is -2.49. The molecule has 1 heterocycles. The molecule has 0 aromatic heterocycles. The number of amides is 1. The molecule has 1 amide bonds. The summed E-state index contributed by atoms with van der Waals surface area (Å²) in [6, 6.07) is 0. The normalized spacial score (nSPS) is 21.5. The van der Waals surface area contributed by atoms with E-state index in [1.807, 2.05) is 20.8 Å². The summed E-state index contributed by atoms with van der Waals surface area (Å²) in [5, 5.41) is 9.10. The summed E-state index contributed by atoms with van der Waals surface area (Å²) in [5.74, 6) is -0.364. The Labute approximate surface area is 131 Å². The second-order valence-electron chi connectivity index (χ2n) is 7.55. The number of likely N-dealkylation sites (tertiary alicyclic amines) is 1. The molecular weight excluding hydrogens is 286 g/mol. The molecule has 0 bridgehead atoms. The van der Waals surface area contributed by atoms with Gasteiger partial charge in [-0.3, -0.25) is 4.79 Å². The first-order valence-electron chi connectivity index (χ1n) is 8.03. The van der Waals surface area contributed by atoms with Crippen molar-refractivity contribution in [1.82, 2.24) is 4.90 Å². The van der Waals surface area contributed by atoms with Gasteiger partial charge in [-0.15, -0.1) is 0 Å². The topological polar surface area (TPSA) is 76.1 Å². The van der Waals surface area contributed by atoms with Crippen molar-refractivity contribution < 1.29 is 24.2 Å². The van der Waals surface area contributed by atoms with Crippen molar-refractivity contribution in [2.24, 2.45) is 5.92 Å². The van der Waals surface area contributed by atoms with Crippen LogP contribution < -0.4 is 0 Å². The highest BCUT2D eigenvalue weighted by Gasteiger charge is 2.49. The molecule has 1 aliphatic heterocycles. The first kappa shape index (κ1) is 17.1. The number of nitrogens with zero attached hydrogens (tertiary/aromatic N) is 1. The molecule has 6 heteroatoms. The molecular formula is C16H27NO5. The maximum absolute atomic E-state index is 12.0. The van der Waals surface area contributed by atoms with Crippen molar-refractivity contribution in [3.8, 4) is 0 Å². The highest BCUT2D eigenvalue weighted by molar-refractivity contribution is 5.72. The summed E-state index contributed by atoms with van der Waals surface area (Å²) in [7, 11) is 0. The number of carbonyl (C=O) groups excluding carboxylic acids is 1. The van der Waals surface area contributed by atoms with Crippen LogP contribution in [0.4, 0.5) is 4.79 Å². The smallest absolute Gasteiger partial charge is 0.410 e. The minimum atomic E-state index is -0.893. The van der Waals surface area contributed by atoms with Gasteiger partial charge < -0.3 is 19.5 Å². The van der Waals surface area contributed by atoms with Crippen LogP contribution in [0.5, 0.6) is 0 Å². The van der Waals surface area contributed by atoms with Crippen LogP contribution in [-0.2, 0) is 14.3 Å². The molecule has 0 spiro atoms. The van der Waals surface area contributed by atoms with E-state index in [1.165, 1.54) is 17.7 Å². The highest BCUT2D eigenvalue weighted by Crippen LogP contribution is 2.33. The van der Waals surface area contributed by atoms with Crippen molar-refractivity contribution in [2.75, 3.05) is 19.7 Å². The average molecular weight is 313 g/mol. The van der Waals surface area contributed by atoms with Crippen LogP contribution in [0.15, 0.2) is 0 Å². The van der Waals surface area contributed by atoms with Crippen LogP contribution in [0.2, 0.25) is 0 Å². The molecule has 1 saturated carbocycles. The van der Waals surface area contributed by atoms with Gasteiger partial charge in [0.15, 0.2) is 0 Å². The SMILES string of the molecule is CC(C)(C)OC(=O)N1CC(CC(=O)O)(OCC2CCCC2)C1. The van der Waals surface area contributed by atoms with Crippen LogP contribution in [0.25, 0.3) is 0 Å². The number of hydrogen-bond donors (Lipinski definition) is 1. The Morgan fingerprint density at radius 2 is 1.82 bits per heavy atom. The van der Waals surface area contributed by atoms with Gasteiger partial charge in [0.2, 0.25) is 0 Å². The van der Waals surface area contributed by atoms with E-state index >= 15 is 0 Å². The number of carbonyl (C=O) groups is 2. The van der Waals surface area contributed by atoms with E-state index in [-0.39, 0.29) is 6.42 Å². The minimum Gasteiger partial charge on any atom is -0.481 e. The molecule has 0 aromatic rings. The van der Waals surface area contributed by atoms with Crippen LogP contribution in [0.3, 0.4) is 0 Å². The zero-order valence-electron chi connectivity index (χ0n) is 13.8. The summed E-state index contributed by atoms with van der Waals surface area (Å²) < 4.78 is 11.2. The van der Waals surface area contributed by atoms with E-state index in [0.29, 0.717) is 25.6 Å². The number of carboxylic acid groups (broad SMARTS) is 1. The lowest BCUT2D eigenvalue weighted by Crippen LogP contribution is -2.66. The molecule has 1 N–H and O–H groups in total. The monoisotopic (exact) mass is 313 g/mol. The molecule has 0 atom stereocenters. The molecule has 1 aliphatic carbocycles. The summed E-state index contributed by atoms with van der Waals surface area (Å²) in [5.41, 5.74) is -1.29. The Hall–Kier alpha value is -1.30. The molecule has 2 fully saturated rings. The third-order valence-electron chi connectivity index (χ3n) is 4.18.